The zero-order valence-corrected chi connectivity index (χ0v) is 18.5. The monoisotopic (exact) mass is 384 g/mol. The number of nitrogens with zero attached hydrogens (tertiary/aromatic N) is 1. The summed E-state index contributed by atoms with van der Waals surface area (Å²) in [7, 11) is 0. The predicted octanol–water partition coefficient (Wildman–Crippen LogP) is 8.76. The molecule has 2 aromatic rings. The van der Waals surface area contributed by atoms with Crippen LogP contribution in [0.2, 0.25) is 0 Å². The average molecular weight is 385 g/mol. The number of aryl methyl sites for hydroxylation is 1. The first-order valence-electron chi connectivity index (χ1n) is 12.3. The number of para-hydroxylation sites is 2. The summed E-state index contributed by atoms with van der Waals surface area (Å²) in [5, 5.41) is 0. The molecular formula is C26H44N2. The summed E-state index contributed by atoms with van der Waals surface area (Å²) in [6.45, 7) is 2.30. The summed E-state index contributed by atoms with van der Waals surface area (Å²) in [5.41, 5.74) is 2.27. The molecule has 0 amide bonds. The van der Waals surface area contributed by atoms with Gasteiger partial charge in [-0.15, -0.1) is 0 Å². The number of benzene rings is 1. The Kier molecular flexibility index (Phi) is 12.8. The van der Waals surface area contributed by atoms with E-state index in [2.05, 4.69) is 41.2 Å². The normalized spacial score (nSPS) is 11.5. The number of H-pyrrole nitrogens is 1. The average Bonchev–Trinajstić information content (AvgIpc) is 3.13. The first-order valence-corrected chi connectivity index (χ1v) is 12.3. The minimum atomic E-state index is 1.09. The summed E-state index contributed by atoms with van der Waals surface area (Å²) in [4.78, 5) is 8.11. The van der Waals surface area contributed by atoms with Crippen molar-refractivity contribution in [2.75, 3.05) is 0 Å². The number of aromatic nitrogens is 2. The summed E-state index contributed by atoms with van der Waals surface area (Å²) in [6.07, 6.45) is 25.3. The number of nitrogens with one attached hydrogen (secondary N) is 1. The Morgan fingerprint density at radius 3 is 1.57 bits per heavy atom. The van der Waals surface area contributed by atoms with Crippen LogP contribution in [0.4, 0.5) is 0 Å². The third kappa shape index (κ3) is 10.3. The van der Waals surface area contributed by atoms with Crippen molar-refractivity contribution in [3.8, 4) is 0 Å². The van der Waals surface area contributed by atoms with Gasteiger partial charge in [0.25, 0.3) is 0 Å². The third-order valence-electron chi connectivity index (χ3n) is 5.96. The van der Waals surface area contributed by atoms with Gasteiger partial charge in [-0.2, -0.15) is 0 Å². The first kappa shape index (κ1) is 23.0. The summed E-state index contributed by atoms with van der Waals surface area (Å²) in [5.74, 6) is 1.15. The first-order chi connectivity index (χ1) is 13.9. The second-order valence-corrected chi connectivity index (χ2v) is 8.61. The van der Waals surface area contributed by atoms with Crippen molar-refractivity contribution in [1.29, 1.82) is 0 Å². The fourth-order valence-electron chi connectivity index (χ4n) is 4.14. The van der Waals surface area contributed by atoms with Crippen molar-refractivity contribution in [1.82, 2.24) is 9.97 Å². The van der Waals surface area contributed by atoms with Crippen molar-refractivity contribution < 1.29 is 0 Å². The molecule has 0 aliphatic heterocycles. The maximum atomic E-state index is 4.67. The molecule has 0 unspecified atom stereocenters. The zero-order chi connectivity index (χ0) is 19.7. The van der Waals surface area contributed by atoms with Crippen LogP contribution < -0.4 is 0 Å². The zero-order valence-electron chi connectivity index (χ0n) is 18.5. The lowest BCUT2D eigenvalue weighted by Gasteiger charge is -2.03. The molecule has 0 spiro atoms. The van der Waals surface area contributed by atoms with Gasteiger partial charge in [0, 0.05) is 6.42 Å². The molecule has 1 aromatic carbocycles. The predicted molar refractivity (Wildman–Crippen MR) is 124 cm³/mol. The number of imidazole rings is 1. The molecule has 0 radical (unpaired) electrons. The molecule has 0 aliphatic carbocycles. The van der Waals surface area contributed by atoms with Gasteiger partial charge in [-0.1, -0.05) is 122 Å². The molecule has 0 saturated heterocycles. The number of hydrogen-bond donors (Lipinski definition) is 1. The van der Waals surface area contributed by atoms with Gasteiger partial charge < -0.3 is 4.98 Å². The van der Waals surface area contributed by atoms with Crippen molar-refractivity contribution >= 4 is 11.0 Å². The van der Waals surface area contributed by atoms with Gasteiger partial charge in [0.05, 0.1) is 11.0 Å². The molecule has 1 heterocycles. The maximum absolute atomic E-state index is 4.67. The Hall–Kier alpha value is -1.31. The largest absolute Gasteiger partial charge is 0.342 e. The van der Waals surface area contributed by atoms with Gasteiger partial charge >= 0.3 is 0 Å². The van der Waals surface area contributed by atoms with Gasteiger partial charge in [0.15, 0.2) is 0 Å². The highest BCUT2D eigenvalue weighted by molar-refractivity contribution is 5.74. The van der Waals surface area contributed by atoms with Gasteiger partial charge in [0.2, 0.25) is 0 Å². The number of aromatic amines is 1. The Labute approximate surface area is 173 Å². The minimum absolute atomic E-state index is 1.09. The van der Waals surface area contributed by atoms with E-state index in [-0.39, 0.29) is 0 Å². The highest BCUT2D eigenvalue weighted by Crippen LogP contribution is 2.15. The van der Waals surface area contributed by atoms with E-state index in [1.807, 2.05) is 0 Å². The van der Waals surface area contributed by atoms with Crippen molar-refractivity contribution in [2.45, 2.75) is 122 Å². The lowest BCUT2D eigenvalue weighted by molar-refractivity contribution is 0.526. The molecule has 0 atom stereocenters. The number of fused-ring (bicyclic) bond motifs is 1. The van der Waals surface area contributed by atoms with Crippen LogP contribution in [-0.2, 0) is 6.42 Å². The maximum Gasteiger partial charge on any atom is 0.107 e. The fourth-order valence-corrected chi connectivity index (χ4v) is 4.14. The summed E-state index contributed by atoms with van der Waals surface area (Å²) < 4.78 is 0. The molecular weight excluding hydrogens is 340 g/mol. The topological polar surface area (TPSA) is 28.7 Å². The SMILES string of the molecule is CCCCCCCCCCCCCCCCCCCc1nc2ccccc2[nH]1. The molecule has 28 heavy (non-hydrogen) atoms. The Morgan fingerprint density at radius 1 is 0.607 bits per heavy atom. The number of unbranched alkanes of at least 4 members (excludes halogenated alkanes) is 16. The lowest BCUT2D eigenvalue weighted by Crippen LogP contribution is -1.89. The molecule has 1 N–H and O–H groups in total. The fraction of sp³-hybridized carbons (Fsp3) is 0.731. The molecule has 0 aliphatic rings. The van der Waals surface area contributed by atoms with Gasteiger partial charge in [-0.25, -0.2) is 4.98 Å². The van der Waals surface area contributed by atoms with Crippen LogP contribution in [0.5, 0.6) is 0 Å². The second-order valence-electron chi connectivity index (χ2n) is 8.61. The molecule has 2 rings (SSSR count). The molecule has 0 fully saturated rings. The molecule has 0 bridgehead atoms. The lowest BCUT2D eigenvalue weighted by atomic mass is 10.0. The second kappa shape index (κ2) is 15.6. The van der Waals surface area contributed by atoms with Crippen LogP contribution in [0.25, 0.3) is 11.0 Å². The molecule has 2 nitrogen and oxygen atoms in total. The smallest absolute Gasteiger partial charge is 0.107 e. The Balaban J connectivity index is 1.30. The Morgan fingerprint density at radius 2 is 1.07 bits per heavy atom. The van der Waals surface area contributed by atoms with E-state index in [0.29, 0.717) is 0 Å². The van der Waals surface area contributed by atoms with Crippen LogP contribution in [0.1, 0.15) is 122 Å². The van der Waals surface area contributed by atoms with Crippen molar-refractivity contribution in [2.24, 2.45) is 0 Å². The quantitative estimate of drug-likeness (QED) is 0.256. The third-order valence-corrected chi connectivity index (χ3v) is 5.96. The van der Waals surface area contributed by atoms with Gasteiger partial charge in [0.1, 0.15) is 5.82 Å². The molecule has 0 saturated carbocycles. The van der Waals surface area contributed by atoms with E-state index in [4.69, 9.17) is 0 Å². The molecule has 2 heteroatoms. The van der Waals surface area contributed by atoms with E-state index in [9.17, 15) is 0 Å². The number of hydrogen-bond acceptors (Lipinski definition) is 1. The van der Waals surface area contributed by atoms with Crippen LogP contribution in [0.15, 0.2) is 24.3 Å². The van der Waals surface area contributed by atoms with E-state index in [1.54, 1.807) is 0 Å². The van der Waals surface area contributed by atoms with Crippen molar-refractivity contribution in [3.63, 3.8) is 0 Å². The number of rotatable bonds is 18. The Bertz CT molecular complexity index is 568. The molecule has 158 valence electrons. The highest BCUT2D eigenvalue weighted by Gasteiger charge is 2.01. The van der Waals surface area contributed by atoms with Crippen LogP contribution in [0, 0.1) is 0 Å². The summed E-state index contributed by atoms with van der Waals surface area (Å²) in [6, 6.07) is 8.33. The van der Waals surface area contributed by atoms with E-state index in [1.165, 1.54) is 115 Å². The van der Waals surface area contributed by atoms with Crippen molar-refractivity contribution in [3.05, 3.63) is 30.1 Å². The highest BCUT2D eigenvalue weighted by atomic mass is 14.9. The minimum Gasteiger partial charge on any atom is -0.342 e. The van der Waals surface area contributed by atoms with E-state index >= 15 is 0 Å². The van der Waals surface area contributed by atoms with Gasteiger partial charge in [-0.05, 0) is 18.6 Å². The van der Waals surface area contributed by atoms with Crippen LogP contribution >= 0.6 is 0 Å². The van der Waals surface area contributed by atoms with E-state index < -0.39 is 0 Å². The molecule has 1 aromatic heterocycles. The standard InChI is InChI=1S/C26H44N2/c1-2-3-4-5-6-7-8-9-10-11-12-13-14-15-16-17-18-23-26-27-24-21-19-20-22-25(24)28-26/h19-22H,2-18,23H2,1H3,(H,27,28). The van der Waals surface area contributed by atoms with Crippen LogP contribution in [-0.4, -0.2) is 9.97 Å². The van der Waals surface area contributed by atoms with Crippen LogP contribution in [0.3, 0.4) is 0 Å². The summed E-state index contributed by atoms with van der Waals surface area (Å²) >= 11 is 0. The van der Waals surface area contributed by atoms with Gasteiger partial charge in [-0.3, -0.25) is 0 Å². The van der Waals surface area contributed by atoms with E-state index in [0.717, 1.165) is 17.8 Å².